The number of ether oxygens (including phenoxy) is 2. The third-order valence-electron chi connectivity index (χ3n) is 3.33. The quantitative estimate of drug-likeness (QED) is 0.542. The Balaban J connectivity index is 0.00000364. The van der Waals surface area contributed by atoms with Gasteiger partial charge in [-0.15, -0.1) is 18.8 Å². The maximum absolute atomic E-state index is 12.3. The summed E-state index contributed by atoms with van der Waals surface area (Å²) in [7, 11) is 1.25. The summed E-state index contributed by atoms with van der Waals surface area (Å²) in [4.78, 5) is 31.6. The zero-order chi connectivity index (χ0) is 18.9. The van der Waals surface area contributed by atoms with E-state index < -0.39 is 17.9 Å². The summed E-state index contributed by atoms with van der Waals surface area (Å²) >= 11 is 0. The molecule has 0 bridgehead atoms. The molecule has 1 aromatic heterocycles. The molecule has 0 aliphatic heterocycles. The van der Waals surface area contributed by atoms with E-state index in [0.29, 0.717) is 22.9 Å². The number of nitrogens with zero attached hydrogens (tertiary/aromatic N) is 2. The first-order valence-corrected chi connectivity index (χ1v) is 7.68. The van der Waals surface area contributed by atoms with Crippen molar-refractivity contribution in [3.8, 4) is 24.0 Å². The molecule has 0 aliphatic rings. The number of rotatable bonds is 7. The van der Waals surface area contributed by atoms with E-state index in [9.17, 15) is 9.59 Å². The lowest BCUT2D eigenvalue weighted by atomic mass is 10.1. The normalized spacial score (nSPS) is 10.7. The molecule has 0 radical (unpaired) electrons. The van der Waals surface area contributed by atoms with Crippen LogP contribution in [-0.2, 0) is 16.1 Å². The molecule has 0 unspecified atom stereocenters. The van der Waals surface area contributed by atoms with Crippen LogP contribution in [0.25, 0.3) is 0 Å². The van der Waals surface area contributed by atoms with Crippen molar-refractivity contribution in [1.82, 2.24) is 15.3 Å². The molecular weight excluding hydrogens is 372 g/mol. The number of halogens is 1. The molecule has 1 heterocycles. The number of hydrogen-bond acceptors (Lipinski definition) is 7. The lowest BCUT2D eigenvalue weighted by Gasteiger charge is -2.12. The van der Waals surface area contributed by atoms with Crippen molar-refractivity contribution < 1.29 is 19.1 Å². The molecule has 27 heavy (non-hydrogen) atoms. The Bertz CT molecular complexity index is 838. The van der Waals surface area contributed by atoms with Crippen LogP contribution in [0.1, 0.15) is 22.5 Å². The van der Waals surface area contributed by atoms with Crippen LogP contribution in [-0.4, -0.2) is 35.0 Å². The first kappa shape index (κ1) is 21.9. The second-order valence-corrected chi connectivity index (χ2v) is 5.15. The monoisotopic (exact) mass is 390 g/mol. The predicted octanol–water partition coefficient (Wildman–Crippen LogP) is 1.44. The van der Waals surface area contributed by atoms with Gasteiger partial charge in [-0.2, -0.15) is 0 Å². The highest BCUT2D eigenvalue weighted by Gasteiger charge is 2.16. The third-order valence-corrected chi connectivity index (χ3v) is 3.33. The van der Waals surface area contributed by atoms with Crippen LogP contribution in [0, 0.1) is 12.3 Å². The molecule has 1 atom stereocenters. The largest absolute Gasteiger partial charge is 0.469 e. The second-order valence-electron chi connectivity index (χ2n) is 5.15. The number of esters is 1. The molecule has 0 aliphatic carbocycles. The van der Waals surface area contributed by atoms with Gasteiger partial charge in [0, 0.05) is 18.2 Å². The summed E-state index contributed by atoms with van der Waals surface area (Å²) in [6, 6.07) is 7.30. The molecule has 142 valence electrons. The van der Waals surface area contributed by atoms with Crippen molar-refractivity contribution in [3.63, 3.8) is 0 Å². The number of benzene rings is 1. The average Bonchev–Trinajstić information content (AvgIpc) is 2.67. The molecule has 0 spiro atoms. The van der Waals surface area contributed by atoms with Crippen molar-refractivity contribution in [1.29, 1.82) is 0 Å². The van der Waals surface area contributed by atoms with E-state index in [2.05, 4.69) is 25.9 Å². The topological polar surface area (TPSA) is 116 Å². The van der Waals surface area contributed by atoms with E-state index in [-0.39, 0.29) is 25.4 Å². The van der Waals surface area contributed by atoms with Gasteiger partial charge in [0.2, 0.25) is 5.88 Å². The Morgan fingerprint density at radius 2 is 2.11 bits per heavy atom. The molecule has 2 rings (SSSR count). The van der Waals surface area contributed by atoms with Crippen LogP contribution in [0.4, 0.5) is 0 Å². The molecular formula is C18H19ClN4O4. The van der Waals surface area contributed by atoms with E-state index in [1.165, 1.54) is 19.5 Å². The van der Waals surface area contributed by atoms with Gasteiger partial charge in [-0.1, -0.05) is 12.0 Å². The fourth-order valence-electron chi connectivity index (χ4n) is 2.01. The highest BCUT2D eigenvalue weighted by atomic mass is 35.5. The standard InChI is InChI=1S/C18H18N4O4.ClH/c1-3-13(9-17(23)25-2)22-18(24)12-5-4-6-15(7-12)26-16-8-14(10-19)20-11-21-16;/h1,4-8,11,13H,9-10,19H2,2H3,(H,22,24);1H/t13-;/m1./s1. The SMILES string of the molecule is C#C[C@H](CC(=O)OC)NC(=O)c1cccc(Oc2cc(CN)ncn2)c1.Cl. The summed E-state index contributed by atoms with van der Waals surface area (Å²) in [6.07, 6.45) is 6.57. The number of hydrogen-bond donors (Lipinski definition) is 2. The van der Waals surface area contributed by atoms with Gasteiger partial charge in [0.1, 0.15) is 18.1 Å². The van der Waals surface area contributed by atoms with Gasteiger partial charge in [0.25, 0.3) is 5.91 Å². The number of nitrogens with one attached hydrogen (secondary N) is 1. The van der Waals surface area contributed by atoms with Crippen molar-refractivity contribution >= 4 is 24.3 Å². The first-order chi connectivity index (χ1) is 12.5. The van der Waals surface area contributed by atoms with Crippen molar-refractivity contribution in [2.45, 2.75) is 19.0 Å². The summed E-state index contributed by atoms with van der Waals surface area (Å²) in [5.74, 6) is 2.11. The minimum atomic E-state index is -0.770. The Morgan fingerprint density at radius 3 is 2.78 bits per heavy atom. The van der Waals surface area contributed by atoms with Crippen molar-refractivity contribution in [2.24, 2.45) is 5.73 Å². The summed E-state index contributed by atoms with van der Waals surface area (Å²) in [6.45, 7) is 0.259. The van der Waals surface area contributed by atoms with Gasteiger partial charge in [-0.25, -0.2) is 9.97 Å². The Morgan fingerprint density at radius 1 is 1.33 bits per heavy atom. The summed E-state index contributed by atoms with van der Waals surface area (Å²) in [5.41, 5.74) is 6.48. The zero-order valence-corrected chi connectivity index (χ0v) is 15.4. The average molecular weight is 391 g/mol. The van der Waals surface area contributed by atoms with Crippen LogP contribution in [0.15, 0.2) is 36.7 Å². The van der Waals surface area contributed by atoms with Crippen LogP contribution < -0.4 is 15.8 Å². The van der Waals surface area contributed by atoms with Crippen LogP contribution in [0.3, 0.4) is 0 Å². The number of amides is 1. The smallest absolute Gasteiger partial charge is 0.308 e. The Hall–Kier alpha value is -3.15. The molecule has 0 saturated heterocycles. The van der Waals surface area contributed by atoms with Crippen LogP contribution in [0.5, 0.6) is 11.6 Å². The third kappa shape index (κ3) is 6.58. The van der Waals surface area contributed by atoms with Crippen molar-refractivity contribution in [2.75, 3.05) is 7.11 Å². The highest BCUT2D eigenvalue weighted by Crippen LogP contribution is 2.20. The fraction of sp³-hybridized carbons (Fsp3) is 0.222. The van der Waals surface area contributed by atoms with Gasteiger partial charge in [-0.05, 0) is 18.2 Å². The number of nitrogens with two attached hydrogens (primary N) is 1. The Kier molecular flexibility index (Phi) is 8.72. The molecule has 0 saturated carbocycles. The van der Waals surface area contributed by atoms with Crippen LogP contribution >= 0.6 is 12.4 Å². The number of carbonyl (C=O) groups is 2. The molecule has 0 fully saturated rings. The molecule has 1 aromatic carbocycles. The highest BCUT2D eigenvalue weighted by molar-refractivity contribution is 5.95. The van der Waals surface area contributed by atoms with Gasteiger partial charge in [-0.3, -0.25) is 9.59 Å². The predicted molar refractivity (Wildman–Crippen MR) is 100 cm³/mol. The van der Waals surface area contributed by atoms with Gasteiger partial charge in [0.05, 0.1) is 19.2 Å². The summed E-state index contributed by atoms with van der Waals surface area (Å²) < 4.78 is 10.2. The Labute approximate surface area is 162 Å². The van der Waals surface area contributed by atoms with Crippen LogP contribution in [0.2, 0.25) is 0 Å². The van der Waals surface area contributed by atoms with Gasteiger partial charge >= 0.3 is 5.97 Å². The van der Waals surface area contributed by atoms with E-state index >= 15 is 0 Å². The van der Waals surface area contributed by atoms with Gasteiger partial charge in [0.15, 0.2) is 0 Å². The van der Waals surface area contributed by atoms with E-state index in [1.54, 1.807) is 24.3 Å². The fourth-order valence-corrected chi connectivity index (χ4v) is 2.01. The number of carbonyl (C=O) groups excluding carboxylic acids is 2. The van der Waals surface area contributed by atoms with E-state index in [0.717, 1.165) is 0 Å². The van der Waals surface area contributed by atoms with E-state index in [4.69, 9.17) is 16.9 Å². The molecule has 1 amide bonds. The van der Waals surface area contributed by atoms with E-state index in [1.807, 2.05) is 0 Å². The molecule has 2 aromatic rings. The minimum Gasteiger partial charge on any atom is -0.469 e. The number of methoxy groups -OCH3 is 1. The first-order valence-electron chi connectivity index (χ1n) is 7.68. The van der Waals surface area contributed by atoms with Crippen molar-refractivity contribution in [3.05, 3.63) is 47.9 Å². The minimum absolute atomic E-state index is 0. The maximum Gasteiger partial charge on any atom is 0.308 e. The maximum atomic E-state index is 12.3. The molecule has 8 nitrogen and oxygen atoms in total. The van der Waals surface area contributed by atoms with Gasteiger partial charge < -0.3 is 20.5 Å². The zero-order valence-electron chi connectivity index (χ0n) is 14.5. The summed E-state index contributed by atoms with van der Waals surface area (Å²) in [5, 5.41) is 2.58. The lowest BCUT2D eigenvalue weighted by molar-refractivity contribution is -0.140. The lowest BCUT2D eigenvalue weighted by Crippen LogP contribution is -2.35. The second kappa shape index (κ2) is 10.8. The molecule has 9 heteroatoms. The molecule has 3 N–H and O–H groups in total. The number of terminal acetylenes is 1. The number of aromatic nitrogens is 2.